The second-order valence-corrected chi connectivity index (χ2v) is 6.14. The number of benzene rings is 2. The van der Waals surface area contributed by atoms with Crippen molar-refractivity contribution in [3.63, 3.8) is 0 Å². The summed E-state index contributed by atoms with van der Waals surface area (Å²) < 4.78 is 18.9. The number of thioether (sulfide) groups is 1. The number of halogens is 1. The van der Waals surface area contributed by atoms with Crippen molar-refractivity contribution >= 4 is 45.6 Å². The molecule has 0 bridgehead atoms. The number of alkyl halides is 1. The normalized spacial score (nSPS) is 11.6. The van der Waals surface area contributed by atoms with Gasteiger partial charge in [0.2, 0.25) is 5.50 Å². The highest BCUT2D eigenvalue weighted by Gasteiger charge is 2.25. The number of rotatable bonds is 5. The molecule has 0 aliphatic heterocycles. The standard InChI is InChI=1S/C17H16FNO2S2/c1-2-21-16(20)15(18)23-17(22)19(13-9-5-3-6-10-13)14-11-7-4-8-12-14/h3-12,15H,2H2,1H3. The second-order valence-electron chi connectivity index (χ2n) is 4.46. The van der Waals surface area contributed by atoms with Crippen LogP contribution in [0.2, 0.25) is 0 Å². The van der Waals surface area contributed by atoms with Crippen LogP contribution in [0.25, 0.3) is 0 Å². The fraction of sp³-hybridized carbons (Fsp3) is 0.176. The average Bonchev–Trinajstić information content (AvgIpc) is 2.57. The Bertz CT molecular complexity index is 613. The van der Waals surface area contributed by atoms with Crippen molar-refractivity contribution in [1.82, 2.24) is 0 Å². The van der Waals surface area contributed by atoms with E-state index < -0.39 is 11.5 Å². The number of nitrogens with zero attached hydrogens (tertiary/aromatic N) is 1. The van der Waals surface area contributed by atoms with Gasteiger partial charge in [-0.25, -0.2) is 9.18 Å². The zero-order valence-electron chi connectivity index (χ0n) is 12.5. The van der Waals surface area contributed by atoms with Gasteiger partial charge in [-0.2, -0.15) is 0 Å². The fourth-order valence-corrected chi connectivity index (χ4v) is 3.03. The van der Waals surface area contributed by atoms with Gasteiger partial charge in [0.05, 0.1) is 6.61 Å². The summed E-state index contributed by atoms with van der Waals surface area (Å²) in [5, 5.41) is 0. The molecule has 0 fully saturated rings. The summed E-state index contributed by atoms with van der Waals surface area (Å²) in [5.74, 6) is -0.916. The van der Waals surface area contributed by atoms with E-state index in [4.69, 9.17) is 12.2 Å². The fourth-order valence-electron chi connectivity index (χ4n) is 1.91. The summed E-state index contributed by atoms with van der Waals surface area (Å²) in [5.41, 5.74) is -0.253. The third-order valence-electron chi connectivity index (χ3n) is 2.89. The summed E-state index contributed by atoms with van der Waals surface area (Å²) >= 11 is 6.02. The van der Waals surface area contributed by atoms with Gasteiger partial charge in [-0.05, 0) is 43.0 Å². The summed E-state index contributed by atoms with van der Waals surface area (Å²) in [6.07, 6.45) is 0. The zero-order valence-corrected chi connectivity index (χ0v) is 14.1. The molecule has 2 rings (SSSR count). The molecule has 1 unspecified atom stereocenters. The maximum atomic E-state index is 14.0. The molecule has 0 N–H and O–H groups in total. The largest absolute Gasteiger partial charge is 0.463 e. The van der Waals surface area contributed by atoms with Crippen molar-refractivity contribution < 1.29 is 13.9 Å². The molecule has 0 aliphatic rings. The molecule has 120 valence electrons. The van der Waals surface area contributed by atoms with Gasteiger partial charge in [0.1, 0.15) is 4.32 Å². The zero-order chi connectivity index (χ0) is 16.7. The van der Waals surface area contributed by atoms with Crippen LogP contribution in [0.1, 0.15) is 6.92 Å². The lowest BCUT2D eigenvalue weighted by molar-refractivity contribution is -0.145. The first kappa shape index (κ1) is 17.4. The highest BCUT2D eigenvalue weighted by Crippen LogP contribution is 2.31. The number of carbonyl (C=O) groups excluding carboxylic acids is 1. The first-order chi connectivity index (χ1) is 11.1. The highest BCUT2D eigenvalue weighted by atomic mass is 32.2. The average molecular weight is 349 g/mol. The molecule has 3 nitrogen and oxygen atoms in total. The van der Waals surface area contributed by atoms with Gasteiger partial charge in [-0.15, -0.1) is 0 Å². The second kappa shape index (κ2) is 8.64. The molecule has 2 aromatic rings. The van der Waals surface area contributed by atoms with Crippen molar-refractivity contribution in [2.75, 3.05) is 11.5 Å². The van der Waals surface area contributed by atoms with E-state index in [1.54, 1.807) is 11.8 Å². The lowest BCUT2D eigenvalue weighted by Crippen LogP contribution is -2.25. The van der Waals surface area contributed by atoms with E-state index in [9.17, 15) is 9.18 Å². The third kappa shape index (κ3) is 4.77. The molecule has 0 radical (unpaired) electrons. The van der Waals surface area contributed by atoms with Crippen LogP contribution in [-0.4, -0.2) is 22.4 Å². The minimum atomic E-state index is -1.85. The maximum Gasteiger partial charge on any atom is 0.351 e. The summed E-state index contributed by atoms with van der Waals surface area (Å²) in [7, 11) is 0. The Morgan fingerprint density at radius 2 is 1.61 bits per heavy atom. The molecule has 0 saturated heterocycles. The summed E-state index contributed by atoms with van der Waals surface area (Å²) in [6, 6.07) is 18.8. The Labute approximate surface area is 144 Å². The van der Waals surface area contributed by atoms with Crippen LogP contribution in [-0.2, 0) is 9.53 Å². The number of esters is 1. The molecule has 23 heavy (non-hydrogen) atoms. The van der Waals surface area contributed by atoms with Gasteiger partial charge in [0, 0.05) is 11.4 Å². The topological polar surface area (TPSA) is 29.5 Å². The van der Waals surface area contributed by atoms with Crippen molar-refractivity contribution in [3.8, 4) is 0 Å². The van der Waals surface area contributed by atoms with Gasteiger partial charge >= 0.3 is 5.97 Å². The molecule has 0 amide bonds. The van der Waals surface area contributed by atoms with Crippen LogP contribution in [0.4, 0.5) is 15.8 Å². The predicted octanol–water partition coefficient (Wildman–Crippen LogP) is 4.70. The van der Waals surface area contributed by atoms with Crippen molar-refractivity contribution in [3.05, 3.63) is 60.7 Å². The summed E-state index contributed by atoms with van der Waals surface area (Å²) in [6.45, 7) is 1.77. The number of ether oxygens (including phenoxy) is 1. The maximum absolute atomic E-state index is 14.0. The number of hydrogen-bond acceptors (Lipinski definition) is 4. The third-order valence-corrected chi connectivity index (χ3v) is 4.14. The monoisotopic (exact) mass is 349 g/mol. The molecule has 1 atom stereocenters. The molecule has 0 spiro atoms. The van der Waals surface area contributed by atoms with Gasteiger partial charge in [0.15, 0.2) is 0 Å². The van der Waals surface area contributed by atoms with E-state index in [0.29, 0.717) is 11.8 Å². The van der Waals surface area contributed by atoms with E-state index in [1.165, 1.54) is 0 Å². The first-order valence-electron chi connectivity index (χ1n) is 7.05. The Kier molecular flexibility index (Phi) is 6.55. The first-order valence-corrected chi connectivity index (χ1v) is 8.33. The molecule has 0 saturated carbocycles. The van der Waals surface area contributed by atoms with Crippen molar-refractivity contribution in [2.45, 2.75) is 12.4 Å². The number of thiocarbonyl (C=S) groups is 1. The van der Waals surface area contributed by atoms with Gasteiger partial charge in [-0.3, -0.25) is 4.90 Å². The van der Waals surface area contributed by atoms with E-state index in [1.807, 2.05) is 60.7 Å². The number of hydrogen-bond donors (Lipinski definition) is 0. The summed E-state index contributed by atoms with van der Waals surface area (Å²) in [4.78, 5) is 13.2. The van der Waals surface area contributed by atoms with E-state index >= 15 is 0 Å². The molecular formula is C17H16FNO2S2. The quantitative estimate of drug-likeness (QED) is 0.576. The number of para-hydroxylation sites is 2. The Hall–Kier alpha value is -1.92. The van der Waals surface area contributed by atoms with Crippen LogP contribution in [0.5, 0.6) is 0 Å². The molecule has 6 heteroatoms. The molecule has 0 aromatic heterocycles. The van der Waals surface area contributed by atoms with E-state index in [2.05, 4.69) is 4.74 Å². The van der Waals surface area contributed by atoms with Gasteiger partial charge in [0.25, 0.3) is 0 Å². The minimum absolute atomic E-state index is 0.133. The molecule has 2 aromatic carbocycles. The van der Waals surface area contributed by atoms with Crippen molar-refractivity contribution in [2.24, 2.45) is 0 Å². The predicted molar refractivity (Wildman–Crippen MR) is 96.7 cm³/mol. The van der Waals surface area contributed by atoms with Gasteiger partial charge in [-0.1, -0.05) is 48.6 Å². The Morgan fingerprint density at radius 3 is 2.04 bits per heavy atom. The molecular weight excluding hydrogens is 333 g/mol. The van der Waals surface area contributed by atoms with Crippen LogP contribution in [0.15, 0.2) is 60.7 Å². The minimum Gasteiger partial charge on any atom is -0.463 e. The van der Waals surface area contributed by atoms with Crippen LogP contribution in [0.3, 0.4) is 0 Å². The Morgan fingerprint density at radius 1 is 1.13 bits per heavy atom. The van der Waals surface area contributed by atoms with E-state index in [0.717, 1.165) is 11.4 Å². The lowest BCUT2D eigenvalue weighted by Gasteiger charge is -2.25. The number of anilines is 2. The van der Waals surface area contributed by atoms with Crippen LogP contribution < -0.4 is 4.90 Å². The molecule has 0 aliphatic carbocycles. The van der Waals surface area contributed by atoms with Crippen molar-refractivity contribution in [1.29, 1.82) is 0 Å². The molecule has 0 heterocycles. The van der Waals surface area contributed by atoms with Crippen LogP contribution in [0, 0.1) is 0 Å². The highest BCUT2D eigenvalue weighted by molar-refractivity contribution is 8.24. The Balaban J connectivity index is 2.24. The SMILES string of the molecule is CCOC(=O)C(F)SC(=S)N(c1ccccc1)c1ccccc1. The smallest absolute Gasteiger partial charge is 0.351 e. The van der Waals surface area contributed by atoms with E-state index in [-0.39, 0.29) is 10.9 Å². The number of carbonyl (C=O) groups is 1. The van der Waals surface area contributed by atoms with Crippen LogP contribution >= 0.6 is 24.0 Å². The van der Waals surface area contributed by atoms with Gasteiger partial charge < -0.3 is 4.74 Å². The lowest BCUT2D eigenvalue weighted by atomic mass is 10.2.